The molecule has 0 aromatic rings. The minimum atomic E-state index is -0.901. The third kappa shape index (κ3) is 4.58. The van der Waals surface area contributed by atoms with Crippen LogP contribution in [0.4, 0.5) is 0 Å². The van der Waals surface area contributed by atoms with Crippen molar-refractivity contribution < 1.29 is 34.0 Å². The first-order chi connectivity index (χ1) is 25.1. The molecule has 8 saturated carbocycles. The van der Waals surface area contributed by atoms with Gasteiger partial charge >= 0.3 is 0 Å². The lowest BCUT2D eigenvalue weighted by Gasteiger charge is -2.56. The molecule has 52 heavy (non-hydrogen) atoms. The van der Waals surface area contributed by atoms with Crippen LogP contribution in [0.3, 0.4) is 0 Å². The van der Waals surface area contributed by atoms with Gasteiger partial charge in [0.2, 0.25) is 0 Å². The molecule has 2 saturated heterocycles. The summed E-state index contributed by atoms with van der Waals surface area (Å²) in [5.41, 5.74) is 2.20. The molecule has 10 aliphatic carbocycles. The van der Waals surface area contributed by atoms with Gasteiger partial charge in [-0.1, -0.05) is 49.0 Å². The molecule has 12 unspecified atom stereocenters. The van der Waals surface area contributed by atoms with Crippen molar-refractivity contribution in [3.63, 3.8) is 0 Å². The third-order valence-electron chi connectivity index (χ3n) is 18.3. The number of hydrogen-bond donors (Lipinski definition) is 2. The molecule has 15 atom stereocenters. The number of hydrogen-bond acceptors (Lipinski definition) is 7. The predicted octanol–water partition coefficient (Wildman–Crippen LogP) is 6.61. The van der Waals surface area contributed by atoms with Crippen LogP contribution in [0.15, 0.2) is 23.3 Å². The van der Waals surface area contributed by atoms with Gasteiger partial charge in [-0.3, -0.25) is 4.79 Å². The van der Waals surface area contributed by atoms with E-state index in [1.807, 2.05) is 0 Å². The molecular weight excluding hydrogens is 652 g/mol. The van der Waals surface area contributed by atoms with Gasteiger partial charge in [0.05, 0.1) is 26.4 Å². The standard InChI is InChI=1S/C24H32O4.C21H28O3/c1-22-8-5-17-16-6-9-23(27-11-12-28-23)14-15(16)3-4-18(17)21(22)19-13-20(19)24(22,26)7-2-10-25;1-20-6-4-14-13-5-7-21(23-8-9-24-21)11-12(13)2-3-15(14)18(20)16-10-17(16)19(20)22/h3,16-21,25-26H,4-6,8-14H2,1H3;2,13-18H,3-11H2,1H3/t16?,17?,18?,19?,20?,21?,22-,24-;13?,14?,15?,16?,17?,18?,20-/m00/s1. The average molecular weight is 713 g/mol. The Balaban J connectivity index is 0.000000125. The normalized spacial score (nSPS) is 53.2. The fraction of sp³-hybridized carbons (Fsp3) is 0.844. The molecule has 0 amide bonds. The SMILES string of the molecule is C[C@]12CCC3C4CCC5(CC4=CCC3C1C1CC1C2=O)OCCO5.C[C@]12CCC3C4CCC5(CC4=CCC3C1C1CC1[C@@]2(O)C#CCO)OCCO5. The largest absolute Gasteiger partial charge is 0.384 e. The number of carbonyl (C=O) groups is 1. The van der Waals surface area contributed by atoms with Crippen molar-refractivity contribution in [2.75, 3.05) is 33.0 Å². The molecule has 2 spiro atoms. The summed E-state index contributed by atoms with van der Waals surface area (Å²) < 4.78 is 24.0. The molecule has 2 N–H and O–H groups in total. The molecule has 0 aromatic carbocycles. The number of allylic oxidation sites excluding steroid dienone is 2. The second kappa shape index (κ2) is 11.5. The van der Waals surface area contributed by atoms with Gasteiger partial charge in [0.25, 0.3) is 0 Å². The molecule has 7 nitrogen and oxygen atoms in total. The maximum Gasteiger partial charge on any atom is 0.172 e. The molecule has 2 heterocycles. The highest BCUT2D eigenvalue weighted by Crippen LogP contribution is 2.76. The van der Waals surface area contributed by atoms with Crippen molar-refractivity contribution in [2.24, 2.45) is 81.8 Å². The first kappa shape index (κ1) is 33.8. The van der Waals surface area contributed by atoms with Crippen LogP contribution in [0, 0.1) is 93.7 Å². The Morgan fingerprint density at radius 3 is 1.87 bits per heavy atom. The van der Waals surface area contributed by atoms with E-state index < -0.39 is 5.60 Å². The number of aliphatic hydroxyl groups excluding tert-OH is 1. The van der Waals surface area contributed by atoms with Gasteiger partial charge in [-0.15, -0.1) is 0 Å². The van der Waals surface area contributed by atoms with Gasteiger partial charge in [-0.25, -0.2) is 0 Å². The fourth-order valence-electron chi connectivity index (χ4n) is 16.1. The van der Waals surface area contributed by atoms with Crippen LogP contribution >= 0.6 is 0 Å². The molecular formula is C45H60O7. The smallest absolute Gasteiger partial charge is 0.172 e. The summed E-state index contributed by atoms with van der Waals surface area (Å²) >= 11 is 0. The Bertz CT molecular complexity index is 1640. The first-order valence-corrected chi connectivity index (χ1v) is 21.4. The van der Waals surface area contributed by atoms with E-state index in [4.69, 9.17) is 18.9 Å². The highest BCUT2D eigenvalue weighted by molar-refractivity contribution is 5.92. The van der Waals surface area contributed by atoms with Crippen molar-refractivity contribution in [1.29, 1.82) is 0 Å². The van der Waals surface area contributed by atoms with E-state index in [0.717, 1.165) is 107 Å². The quantitative estimate of drug-likeness (QED) is 0.216. The summed E-state index contributed by atoms with van der Waals surface area (Å²) in [5, 5.41) is 20.8. The van der Waals surface area contributed by atoms with E-state index >= 15 is 0 Å². The molecule has 12 rings (SSSR count). The molecule has 7 heteroatoms. The average Bonchev–Trinajstić information content (AvgIpc) is 3.98. The van der Waals surface area contributed by atoms with Crippen molar-refractivity contribution in [3.05, 3.63) is 23.3 Å². The van der Waals surface area contributed by atoms with Gasteiger partial charge < -0.3 is 29.2 Å². The van der Waals surface area contributed by atoms with Gasteiger partial charge in [-0.05, 0) is 123 Å². The number of carbonyl (C=O) groups excluding carboxylic acids is 1. The van der Waals surface area contributed by atoms with E-state index in [2.05, 4.69) is 37.8 Å². The minimum absolute atomic E-state index is 0.0215. The summed E-state index contributed by atoms with van der Waals surface area (Å²) in [6.07, 6.45) is 20.8. The summed E-state index contributed by atoms with van der Waals surface area (Å²) in [5.74, 6) is 13.7. The van der Waals surface area contributed by atoms with Crippen LogP contribution in [0.2, 0.25) is 0 Å². The van der Waals surface area contributed by atoms with Crippen LogP contribution in [0.25, 0.3) is 0 Å². The molecule has 2 aliphatic heterocycles. The summed E-state index contributed by atoms with van der Waals surface area (Å²) in [6.45, 7) is 7.43. The van der Waals surface area contributed by atoms with E-state index in [-0.39, 0.29) is 29.0 Å². The van der Waals surface area contributed by atoms with Gasteiger partial charge in [0.15, 0.2) is 11.6 Å². The van der Waals surface area contributed by atoms with Crippen LogP contribution < -0.4 is 0 Å². The zero-order chi connectivity index (χ0) is 35.3. The topological polar surface area (TPSA) is 94.5 Å². The lowest BCUT2D eigenvalue weighted by Crippen LogP contribution is -2.55. The van der Waals surface area contributed by atoms with Crippen molar-refractivity contribution >= 4 is 5.78 Å². The predicted molar refractivity (Wildman–Crippen MR) is 193 cm³/mol. The number of fused-ring (bicyclic) bond motifs is 14. The van der Waals surface area contributed by atoms with Crippen molar-refractivity contribution in [2.45, 2.75) is 121 Å². The number of Topliss-reactive ketones (excluding diaryl/α,β-unsaturated/α-hetero) is 1. The van der Waals surface area contributed by atoms with Crippen LogP contribution in [-0.2, 0) is 23.7 Å². The second-order valence-corrected chi connectivity index (χ2v) is 20.1. The van der Waals surface area contributed by atoms with Gasteiger partial charge in [0, 0.05) is 48.3 Å². The van der Waals surface area contributed by atoms with Crippen LogP contribution in [-0.4, -0.2) is 66.2 Å². The van der Waals surface area contributed by atoms with E-state index in [1.165, 1.54) is 38.5 Å². The molecule has 0 bridgehead atoms. The number of ether oxygens (including phenoxy) is 4. The number of aliphatic hydroxyl groups is 2. The molecule has 12 aliphatic rings. The Morgan fingerprint density at radius 2 is 1.27 bits per heavy atom. The van der Waals surface area contributed by atoms with E-state index in [9.17, 15) is 15.0 Å². The monoisotopic (exact) mass is 712 g/mol. The van der Waals surface area contributed by atoms with E-state index in [0.29, 0.717) is 47.2 Å². The van der Waals surface area contributed by atoms with Gasteiger partial charge in [-0.2, -0.15) is 0 Å². The zero-order valence-corrected chi connectivity index (χ0v) is 31.5. The summed E-state index contributed by atoms with van der Waals surface area (Å²) in [7, 11) is 0. The lowest BCUT2D eigenvalue weighted by atomic mass is 9.49. The summed E-state index contributed by atoms with van der Waals surface area (Å²) in [6, 6.07) is 0. The molecule has 10 fully saturated rings. The Kier molecular flexibility index (Phi) is 7.48. The highest BCUT2D eigenvalue weighted by atomic mass is 16.7. The van der Waals surface area contributed by atoms with Crippen LogP contribution in [0.1, 0.15) is 104 Å². The number of rotatable bonds is 0. The van der Waals surface area contributed by atoms with Gasteiger partial charge in [0.1, 0.15) is 18.0 Å². The van der Waals surface area contributed by atoms with Crippen molar-refractivity contribution in [1.82, 2.24) is 0 Å². The number of ketones is 1. The highest BCUT2D eigenvalue weighted by Gasteiger charge is 2.76. The third-order valence-corrected chi connectivity index (χ3v) is 18.3. The lowest BCUT2D eigenvalue weighted by molar-refractivity contribution is -0.177. The van der Waals surface area contributed by atoms with Crippen LogP contribution in [0.5, 0.6) is 0 Å². The Morgan fingerprint density at radius 1 is 0.692 bits per heavy atom. The van der Waals surface area contributed by atoms with Crippen molar-refractivity contribution in [3.8, 4) is 11.8 Å². The maximum atomic E-state index is 12.8. The first-order valence-electron chi connectivity index (χ1n) is 21.4. The molecule has 0 radical (unpaired) electrons. The Labute approximate surface area is 310 Å². The maximum absolute atomic E-state index is 12.8. The Hall–Kier alpha value is -1.53. The van der Waals surface area contributed by atoms with E-state index in [1.54, 1.807) is 11.1 Å². The summed E-state index contributed by atoms with van der Waals surface area (Å²) in [4.78, 5) is 12.8. The zero-order valence-electron chi connectivity index (χ0n) is 31.5. The minimum Gasteiger partial charge on any atom is -0.384 e. The second-order valence-electron chi connectivity index (χ2n) is 20.1. The fourth-order valence-corrected chi connectivity index (χ4v) is 16.1. The molecule has 0 aromatic heterocycles. The molecule has 282 valence electrons.